The van der Waals surface area contributed by atoms with E-state index in [9.17, 15) is 9.90 Å². The molecular weight excluding hydrogens is 250 g/mol. The van der Waals surface area contributed by atoms with Crippen LogP contribution in [0.2, 0.25) is 0 Å². The van der Waals surface area contributed by atoms with Crippen molar-refractivity contribution in [2.75, 3.05) is 13.1 Å². The van der Waals surface area contributed by atoms with Crippen LogP contribution >= 0.6 is 0 Å². The molecule has 1 N–H and O–H groups in total. The van der Waals surface area contributed by atoms with Gasteiger partial charge in [0.15, 0.2) is 0 Å². The lowest BCUT2D eigenvalue weighted by molar-refractivity contribution is -0.148. The first-order chi connectivity index (χ1) is 9.63. The SMILES string of the molecule is CCC1(C(=O)O)CCN(Cc2cccc(C3CC3)c2)C1. The highest BCUT2D eigenvalue weighted by molar-refractivity contribution is 5.75. The Morgan fingerprint density at radius 3 is 2.85 bits per heavy atom. The Bertz CT molecular complexity index is 509. The second-order valence-corrected chi connectivity index (χ2v) is 6.42. The lowest BCUT2D eigenvalue weighted by Crippen LogP contribution is -2.33. The van der Waals surface area contributed by atoms with Crippen LogP contribution in [0.3, 0.4) is 0 Å². The zero-order valence-corrected chi connectivity index (χ0v) is 12.1. The Balaban J connectivity index is 1.67. The van der Waals surface area contributed by atoms with E-state index in [0.29, 0.717) is 6.54 Å². The summed E-state index contributed by atoms with van der Waals surface area (Å²) in [4.78, 5) is 13.8. The van der Waals surface area contributed by atoms with Crippen LogP contribution in [-0.2, 0) is 11.3 Å². The van der Waals surface area contributed by atoms with Gasteiger partial charge in [0.05, 0.1) is 5.41 Å². The molecule has 2 aliphatic rings. The fourth-order valence-electron chi connectivity index (χ4n) is 3.33. The molecule has 3 nitrogen and oxygen atoms in total. The van der Waals surface area contributed by atoms with Gasteiger partial charge in [0.25, 0.3) is 0 Å². The molecule has 1 aliphatic carbocycles. The van der Waals surface area contributed by atoms with Crippen LogP contribution in [0.5, 0.6) is 0 Å². The van der Waals surface area contributed by atoms with Crippen molar-refractivity contribution in [1.82, 2.24) is 4.90 Å². The minimum absolute atomic E-state index is 0.520. The van der Waals surface area contributed by atoms with Crippen LogP contribution in [0.1, 0.15) is 49.7 Å². The van der Waals surface area contributed by atoms with Gasteiger partial charge in [0.1, 0.15) is 0 Å². The van der Waals surface area contributed by atoms with Crippen LogP contribution in [0.4, 0.5) is 0 Å². The summed E-state index contributed by atoms with van der Waals surface area (Å²) in [5.74, 6) is 0.150. The van der Waals surface area contributed by atoms with Crippen LogP contribution in [-0.4, -0.2) is 29.1 Å². The van der Waals surface area contributed by atoms with Gasteiger partial charge in [-0.2, -0.15) is 0 Å². The molecule has 0 radical (unpaired) electrons. The lowest BCUT2D eigenvalue weighted by Gasteiger charge is -2.23. The molecule has 1 aromatic rings. The maximum Gasteiger partial charge on any atom is 0.310 e. The number of hydrogen-bond acceptors (Lipinski definition) is 2. The van der Waals surface area contributed by atoms with E-state index in [0.717, 1.165) is 31.8 Å². The van der Waals surface area contributed by atoms with Crippen molar-refractivity contribution in [3.8, 4) is 0 Å². The molecule has 1 aliphatic heterocycles. The quantitative estimate of drug-likeness (QED) is 0.895. The maximum absolute atomic E-state index is 11.5. The average molecular weight is 273 g/mol. The Hall–Kier alpha value is -1.35. The first-order valence-electron chi connectivity index (χ1n) is 7.67. The molecule has 1 saturated carbocycles. The van der Waals surface area contributed by atoms with Crippen molar-refractivity contribution in [3.05, 3.63) is 35.4 Å². The van der Waals surface area contributed by atoms with E-state index >= 15 is 0 Å². The predicted octanol–water partition coefficient (Wildman–Crippen LogP) is 3.25. The van der Waals surface area contributed by atoms with Gasteiger partial charge in [-0.15, -0.1) is 0 Å². The summed E-state index contributed by atoms with van der Waals surface area (Å²) in [5, 5.41) is 9.45. The summed E-state index contributed by atoms with van der Waals surface area (Å²) in [5.41, 5.74) is 2.27. The number of benzene rings is 1. The molecule has 1 unspecified atom stereocenters. The topological polar surface area (TPSA) is 40.5 Å². The van der Waals surface area contributed by atoms with Crippen molar-refractivity contribution in [2.24, 2.45) is 5.41 Å². The molecular formula is C17H23NO2. The molecule has 2 fully saturated rings. The van der Waals surface area contributed by atoms with Gasteiger partial charge < -0.3 is 5.11 Å². The third kappa shape index (κ3) is 2.59. The summed E-state index contributed by atoms with van der Waals surface area (Å²) in [6.45, 7) is 4.46. The highest BCUT2D eigenvalue weighted by Gasteiger charge is 2.43. The average Bonchev–Trinajstić information content (AvgIpc) is 3.21. The third-order valence-corrected chi connectivity index (χ3v) is 4.97. The van der Waals surface area contributed by atoms with E-state index in [1.807, 2.05) is 6.92 Å². The second kappa shape index (κ2) is 5.21. The highest BCUT2D eigenvalue weighted by atomic mass is 16.4. The Morgan fingerprint density at radius 2 is 2.25 bits per heavy atom. The molecule has 0 spiro atoms. The largest absolute Gasteiger partial charge is 0.481 e. The molecule has 3 rings (SSSR count). The minimum Gasteiger partial charge on any atom is -0.481 e. The van der Waals surface area contributed by atoms with Crippen LogP contribution in [0.25, 0.3) is 0 Å². The zero-order chi connectivity index (χ0) is 14.2. The molecule has 20 heavy (non-hydrogen) atoms. The van der Waals surface area contributed by atoms with Gasteiger partial charge in [-0.25, -0.2) is 0 Å². The molecule has 0 amide bonds. The number of rotatable bonds is 5. The summed E-state index contributed by atoms with van der Waals surface area (Å²) in [6, 6.07) is 8.84. The van der Waals surface area contributed by atoms with Crippen LogP contribution in [0.15, 0.2) is 24.3 Å². The molecule has 1 atom stereocenters. The van der Waals surface area contributed by atoms with Crippen LogP contribution in [0, 0.1) is 5.41 Å². The van der Waals surface area contributed by atoms with E-state index in [2.05, 4.69) is 29.2 Å². The minimum atomic E-state index is -0.630. The zero-order valence-electron chi connectivity index (χ0n) is 12.1. The predicted molar refractivity (Wildman–Crippen MR) is 78.7 cm³/mol. The number of carboxylic acid groups (broad SMARTS) is 1. The Labute approximate surface area is 120 Å². The van der Waals surface area contributed by atoms with E-state index in [-0.39, 0.29) is 0 Å². The number of hydrogen-bond donors (Lipinski definition) is 1. The fourth-order valence-corrected chi connectivity index (χ4v) is 3.33. The summed E-state index contributed by atoms with van der Waals surface area (Å²) < 4.78 is 0. The van der Waals surface area contributed by atoms with E-state index < -0.39 is 11.4 Å². The fraction of sp³-hybridized carbons (Fsp3) is 0.588. The van der Waals surface area contributed by atoms with E-state index in [4.69, 9.17) is 0 Å². The Morgan fingerprint density at radius 1 is 1.45 bits per heavy atom. The molecule has 0 bridgehead atoms. The monoisotopic (exact) mass is 273 g/mol. The molecule has 1 aromatic carbocycles. The number of carbonyl (C=O) groups is 1. The van der Waals surface area contributed by atoms with Crippen molar-refractivity contribution >= 4 is 5.97 Å². The van der Waals surface area contributed by atoms with Gasteiger partial charge in [-0.05, 0) is 49.3 Å². The van der Waals surface area contributed by atoms with Crippen molar-refractivity contribution in [3.63, 3.8) is 0 Å². The number of aliphatic carboxylic acids is 1. The lowest BCUT2D eigenvalue weighted by atomic mass is 9.84. The summed E-state index contributed by atoms with van der Waals surface area (Å²) in [6.07, 6.45) is 4.15. The smallest absolute Gasteiger partial charge is 0.310 e. The number of carboxylic acids is 1. The number of nitrogens with zero attached hydrogens (tertiary/aromatic N) is 1. The highest BCUT2D eigenvalue weighted by Crippen LogP contribution is 2.40. The normalized spacial score (nSPS) is 26.9. The standard InChI is InChI=1S/C17H23NO2/c1-2-17(16(19)20)8-9-18(12-17)11-13-4-3-5-15(10-13)14-6-7-14/h3-5,10,14H,2,6-9,11-12H2,1H3,(H,19,20). The van der Waals surface area contributed by atoms with E-state index in [1.54, 1.807) is 0 Å². The van der Waals surface area contributed by atoms with Crippen LogP contribution < -0.4 is 0 Å². The summed E-state index contributed by atoms with van der Waals surface area (Å²) >= 11 is 0. The van der Waals surface area contributed by atoms with Gasteiger partial charge in [0, 0.05) is 13.1 Å². The van der Waals surface area contributed by atoms with Gasteiger partial charge in [0.2, 0.25) is 0 Å². The van der Waals surface area contributed by atoms with Gasteiger partial charge >= 0.3 is 5.97 Å². The molecule has 1 saturated heterocycles. The van der Waals surface area contributed by atoms with Crippen molar-refractivity contribution in [2.45, 2.75) is 45.1 Å². The Kier molecular flexibility index (Phi) is 3.55. The van der Waals surface area contributed by atoms with E-state index in [1.165, 1.54) is 24.0 Å². The first-order valence-corrected chi connectivity index (χ1v) is 7.67. The molecule has 108 valence electrons. The second-order valence-electron chi connectivity index (χ2n) is 6.42. The van der Waals surface area contributed by atoms with Gasteiger partial charge in [-0.1, -0.05) is 31.2 Å². The van der Waals surface area contributed by atoms with Gasteiger partial charge in [-0.3, -0.25) is 9.69 Å². The van der Waals surface area contributed by atoms with Crippen molar-refractivity contribution < 1.29 is 9.90 Å². The number of likely N-dealkylation sites (tertiary alicyclic amines) is 1. The first kappa shape index (κ1) is 13.6. The maximum atomic E-state index is 11.5. The molecule has 1 heterocycles. The van der Waals surface area contributed by atoms with Crippen molar-refractivity contribution in [1.29, 1.82) is 0 Å². The third-order valence-electron chi connectivity index (χ3n) is 4.97. The molecule has 3 heteroatoms. The molecule has 0 aromatic heterocycles. The summed E-state index contributed by atoms with van der Waals surface area (Å²) in [7, 11) is 0.